The molecule has 12 aromatic rings. The lowest BCUT2D eigenvalue weighted by molar-refractivity contribution is 1.20. The Kier molecular flexibility index (Phi) is 10.1. The first-order valence-electron chi connectivity index (χ1n) is 23.8. The second-order valence-electron chi connectivity index (χ2n) is 20.2. The van der Waals surface area contributed by atoms with Crippen molar-refractivity contribution in [2.75, 3.05) is 9.80 Å². The molecule has 330 valence electrons. The van der Waals surface area contributed by atoms with Crippen LogP contribution in [0.1, 0.15) is 0 Å². The lowest BCUT2D eigenvalue weighted by atomic mass is 9.96. The van der Waals surface area contributed by atoms with E-state index in [1.54, 1.807) is 0 Å². The van der Waals surface area contributed by atoms with E-state index >= 15 is 0 Å². The molecule has 10 aromatic carbocycles. The van der Waals surface area contributed by atoms with Crippen LogP contribution in [-0.4, -0.2) is 20.7 Å². The lowest BCUT2D eigenvalue weighted by Gasteiger charge is -2.28. The van der Waals surface area contributed by atoms with Crippen molar-refractivity contribution in [1.82, 2.24) is 4.57 Å². The van der Waals surface area contributed by atoms with Gasteiger partial charge in [0.25, 0.3) is 0 Å². The molecule has 0 radical (unpaired) electrons. The number of hydrogen-bond acceptors (Lipinski definition) is 3. The van der Waals surface area contributed by atoms with Gasteiger partial charge in [0.15, 0.2) is 0 Å². The molecule has 0 N–H and O–H groups in total. The molecule has 12 rings (SSSR count). The van der Waals surface area contributed by atoms with Crippen LogP contribution in [0, 0.1) is 0 Å². The van der Waals surface area contributed by atoms with Crippen LogP contribution in [-0.2, 0) is 0 Å². The summed E-state index contributed by atoms with van der Waals surface area (Å²) in [5.74, 6) is 0. The fourth-order valence-electron chi connectivity index (χ4n) is 10.5. The number of anilines is 6. The molecule has 0 aliphatic heterocycles. The standard InChI is InChI=1S/C62H53N3SSi2/c1-67(2,3)46-36-32-44(33-37-46)63(42-20-9-7-10-21-42)55-40-57-60(51-27-15-13-24-48(51)55)61-52-28-16-14-25-49(52)56(64(43-22-11-8-12-23-43)45-34-38-47(39-35-45)68(4,5)6)41-58(61)65(57)54-30-19-29-53-50-26-17-18-31-59(50)66-62(53)54/h7-41H,1-6H3. The molecule has 0 unspecified atom stereocenters. The van der Waals surface area contributed by atoms with E-state index in [9.17, 15) is 0 Å². The third-order valence-electron chi connectivity index (χ3n) is 13.9. The molecule has 0 saturated carbocycles. The Bertz CT molecular complexity index is 3660. The molecule has 0 aliphatic rings. The predicted octanol–water partition coefficient (Wildman–Crippen LogP) is 17.5. The molecular formula is C62H53N3SSi2. The van der Waals surface area contributed by atoms with Gasteiger partial charge in [-0.15, -0.1) is 11.3 Å². The first-order chi connectivity index (χ1) is 33.0. The zero-order valence-corrected chi connectivity index (χ0v) is 42.3. The van der Waals surface area contributed by atoms with Crippen molar-refractivity contribution < 1.29 is 0 Å². The van der Waals surface area contributed by atoms with Crippen molar-refractivity contribution >= 4 is 136 Å². The molecule has 0 atom stereocenters. The summed E-state index contributed by atoms with van der Waals surface area (Å²) in [5, 5.41) is 12.9. The van der Waals surface area contributed by atoms with E-state index in [2.05, 4.69) is 266 Å². The van der Waals surface area contributed by atoms with E-state index < -0.39 is 16.1 Å². The van der Waals surface area contributed by atoms with Crippen molar-refractivity contribution in [1.29, 1.82) is 0 Å². The van der Waals surface area contributed by atoms with Crippen LogP contribution >= 0.6 is 11.3 Å². The fourth-order valence-corrected chi connectivity index (χ4v) is 14.0. The number of nitrogens with zero attached hydrogens (tertiary/aromatic N) is 3. The molecule has 0 saturated heterocycles. The third-order valence-corrected chi connectivity index (χ3v) is 19.2. The maximum Gasteiger partial charge on any atom is 0.0775 e. The molecule has 68 heavy (non-hydrogen) atoms. The van der Waals surface area contributed by atoms with E-state index in [1.165, 1.54) is 79.6 Å². The van der Waals surface area contributed by atoms with E-state index in [0.29, 0.717) is 0 Å². The monoisotopic (exact) mass is 927 g/mol. The van der Waals surface area contributed by atoms with Gasteiger partial charge in [-0.3, -0.25) is 0 Å². The molecule has 2 aromatic heterocycles. The normalized spacial score (nSPS) is 12.3. The molecule has 6 heteroatoms. The molecule has 0 aliphatic carbocycles. The molecule has 0 fully saturated rings. The zero-order valence-electron chi connectivity index (χ0n) is 39.5. The third kappa shape index (κ3) is 6.97. The number of hydrogen-bond donors (Lipinski definition) is 0. The van der Waals surface area contributed by atoms with Gasteiger partial charge < -0.3 is 14.4 Å². The topological polar surface area (TPSA) is 11.4 Å². The van der Waals surface area contributed by atoms with Crippen LogP contribution in [0.25, 0.3) is 69.2 Å². The zero-order chi connectivity index (χ0) is 46.3. The van der Waals surface area contributed by atoms with Gasteiger partial charge in [-0.1, -0.05) is 189 Å². The van der Waals surface area contributed by atoms with Gasteiger partial charge in [-0.05, 0) is 83.6 Å². The van der Waals surface area contributed by atoms with Gasteiger partial charge in [0.05, 0.1) is 48.9 Å². The first kappa shape index (κ1) is 42.2. The summed E-state index contributed by atoms with van der Waals surface area (Å²) in [4.78, 5) is 4.95. The average molecular weight is 928 g/mol. The predicted molar refractivity (Wildman–Crippen MR) is 304 cm³/mol. The molecule has 3 nitrogen and oxygen atoms in total. The van der Waals surface area contributed by atoms with Crippen molar-refractivity contribution in [3.05, 3.63) is 212 Å². The second-order valence-corrected chi connectivity index (χ2v) is 31.4. The largest absolute Gasteiger partial charge is 0.310 e. The van der Waals surface area contributed by atoms with Crippen LogP contribution in [0.15, 0.2) is 212 Å². The maximum atomic E-state index is 2.60. The number of rotatable bonds is 9. The Morgan fingerprint density at radius 1 is 0.353 bits per heavy atom. The number of fused-ring (bicyclic) bond motifs is 10. The average Bonchev–Trinajstić information content (AvgIpc) is 3.91. The highest BCUT2D eigenvalue weighted by Gasteiger charge is 2.27. The SMILES string of the molecule is C[Si](C)(C)c1ccc(N(c2ccccc2)c2cc3c(c4ccccc24)c2c4ccccc4c(N(c4ccccc4)c4ccc([Si](C)(C)C)cc4)cc2n3-c2cccc3c2sc2ccccc23)cc1. The number of aromatic nitrogens is 1. The van der Waals surface area contributed by atoms with Crippen LogP contribution in [0.5, 0.6) is 0 Å². The Morgan fingerprint density at radius 3 is 1.19 bits per heavy atom. The summed E-state index contributed by atoms with van der Waals surface area (Å²) in [5.41, 5.74) is 10.3. The van der Waals surface area contributed by atoms with Gasteiger partial charge in [0.2, 0.25) is 0 Å². The summed E-state index contributed by atoms with van der Waals surface area (Å²) in [7, 11) is -3.08. The molecule has 0 spiro atoms. The van der Waals surface area contributed by atoms with Gasteiger partial charge in [-0.25, -0.2) is 0 Å². The van der Waals surface area contributed by atoms with Crippen LogP contribution < -0.4 is 20.2 Å². The maximum absolute atomic E-state index is 2.60. The Hall–Kier alpha value is -7.23. The summed E-state index contributed by atoms with van der Waals surface area (Å²) >= 11 is 1.89. The minimum absolute atomic E-state index is 1.12. The highest BCUT2D eigenvalue weighted by atomic mass is 32.1. The summed E-state index contributed by atoms with van der Waals surface area (Å²) in [6.07, 6.45) is 0. The Balaban J connectivity index is 1.25. The Morgan fingerprint density at radius 2 is 0.735 bits per heavy atom. The van der Waals surface area contributed by atoms with Gasteiger partial charge in [-0.2, -0.15) is 0 Å². The first-order valence-corrected chi connectivity index (χ1v) is 31.6. The number of para-hydroxylation sites is 2. The van der Waals surface area contributed by atoms with Crippen LogP contribution in [0.4, 0.5) is 34.1 Å². The smallest absolute Gasteiger partial charge is 0.0775 e. The number of benzene rings is 10. The quantitative estimate of drug-likeness (QED) is 0.134. The minimum atomic E-state index is -1.54. The highest BCUT2D eigenvalue weighted by molar-refractivity contribution is 7.26. The summed E-state index contributed by atoms with van der Waals surface area (Å²) in [6.45, 7) is 14.5. The summed E-state index contributed by atoms with van der Waals surface area (Å²) in [6, 6.07) is 79.5. The van der Waals surface area contributed by atoms with E-state index in [4.69, 9.17) is 0 Å². The molecular weight excluding hydrogens is 875 g/mol. The van der Waals surface area contributed by atoms with E-state index in [-0.39, 0.29) is 0 Å². The summed E-state index contributed by atoms with van der Waals surface area (Å²) < 4.78 is 5.17. The van der Waals surface area contributed by atoms with Crippen LogP contribution in [0.3, 0.4) is 0 Å². The van der Waals surface area contributed by atoms with Crippen molar-refractivity contribution in [2.24, 2.45) is 0 Å². The molecule has 2 heterocycles. The van der Waals surface area contributed by atoms with E-state index in [0.717, 1.165) is 34.1 Å². The molecule has 0 amide bonds. The van der Waals surface area contributed by atoms with Gasteiger partial charge >= 0.3 is 0 Å². The van der Waals surface area contributed by atoms with Gasteiger partial charge in [0, 0.05) is 59.8 Å². The van der Waals surface area contributed by atoms with Crippen molar-refractivity contribution in [3.8, 4) is 5.69 Å². The lowest BCUT2D eigenvalue weighted by Crippen LogP contribution is -2.37. The van der Waals surface area contributed by atoms with Crippen LogP contribution in [0.2, 0.25) is 39.3 Å². The highest BCUT2D eigenvalue weighted by Crippen LogP contribution is 2.51. The van der Waals surface area contributed by atoms with Crippen molar-refractivity contribution in [2.45, 2.75) is 39.3 Å². The molecule has 0 bridgehead atoms. The number of thiophene rings is 1. The van der Waals surface area contributed by atoms with E-state index in [1.807, 2.05) is 11.3 Å². The second kappa shape index (κ2) is 16.2. The van der Waals surface area contributed by atoms with Crippen molar-refractivity contribution in [3.63, 3.8) is 0 Å². The minimum Gasteiger partial charge on any atom is -0.310 e. The Labute approximate surface area is 404 Å². The fraction of sp³-hybridized carbons (Fsp3) is 0.0968. The van der Waals surface area contributed by atoms with Gasteiger partial charge in [0.1, 0.15) is 0 Å².